The summed E-state index contributed by atoms with van der Waals surface area (Å²) >= 11 is 1.44. The number of hydrogen-bond donors (Lipinski definition) is 0. The molecule has 0 radical (unpaired) electrons. The van der Waals surface area contributed by atoms with Crippen LogP contribution in [-0.4, -0.2) is 29.9 Å². The molecule has 3 rings (SSSR count). The SMILES string of the molecule is CCOc1ccc(-c2nnc(SCc3ccc(C(=O)OC)cc3)o2)cc1. The van der Waals surface area contributed by atoms with E-state index in [2.05, 4.69) is 14.9 Å². The van der Waals surface area contributed by atoms with Crippen molar-refractivity contribution in [1.29, 1.82) is 0 Å². The first-order chi connectivity index (χ1) is 12.7. The Labute approximate surface area is 155 Å². The fourth-order valence-electron chi connectivity index (χ4n) is 2.25. The van der Waals surface area contributed by atoms with Gasteiger partial charge in [-0.25, -0.2) is 4.79 Å². The van der Waals surface area contributed by atoms with Gasteiger partial charge in [-0.3, -0.25) is 0 Å². The van der Waals surface area contributed by atoms with Crippen LogP contribution in [0.3, 0.4) is 0 Å². The van der Waals surface area contributed by atoms with Gasteiger partial charge >= 0.3 is 5.97 Å². The van der Waals surface area contributed by atoms with Gasteiger partial charge in [0.05, 0.1) is 19.3 Å². The fraction of sp³-hybridized carbons (Fsp3) is 0.211. The minimum atomic E-state index is -0.346. The van der Waals surface area contributed by atoms with Crippen LogP contribution in [0.15, 0.2) is 58.2 Å². The molecule has 0 bridgehead atoms. The first-order valence-electron chi connectivity index (χ1n) is 8.06. The highest BCUT2D eigenvalue weighted by Crippen LogP contribution is 2.27. The van der Waals surface area contributed by atoms with Crippen molar-refractivity contribution in [3.05, 3.63) is 59.7 Å². The normalized spacial score (nSPS) is 10.5. The van der Waals surface area contributed by atoms with Gasteiger partial charge in [0.2, 0.25) is 5.89 Å². The average Bonchev–Trinajstić information content (AvgIpc) is 3.16. The number of esters is 1. The van der Waals surface area contributed by atoms with Crippen molar-refractivity contribution in [3.63, 3.8) is 0 Å². The molecule has 0 saturated carbocycles. The Morgan fingerprint density at radius 1 is 1.08 bits per heavy atom. The summed E-state index contributed by atoms with van der Waals surface area (Å²) in [5.74, 6) is 1.59. The highest BCUT2D eigenvalue weighted by molar-refractivity contribution is 7.98. The van der Waals surface area contributed by atoms with Crippen LogP contribution in [0, 0.1) is 0 Å². The number of carbonyl (C=O) groups excluding carboxylic acids is 1. The molecule has 7 heteroatoms. The second kappa shape index (κ2) is 8.53. The minimum Gasteiger partial charge on any atom is -0.494 e. The second-order valence-electron chi connectivity index (χ2n) is 5.31. The Hall–Kier alpha value is -2.80. The van der Waals surface area contributed by atoms with E-state index >= 15 is 0 Å². The van der Waals surface area contributed by atoms with Crippen molar-refractivity contribution in [1.82, 2.24) is 10.2 Å². The number of benzene rings is 2. The lowest BCUT2D eigenvalue weighted by Gasteiger charge is -2.02. The molecule has 0 amide bonds. The number of ether oxygens (including phenoxy) is 2. The van der Waals surface area contributed by atoms with E-state index in [0.717, 1.165) is 16.9 Å². The third-order valence-corrected chi connectivity index (χ3v) is 4.45. The predicted molar refractivity (Wildman–Crippen MR) is 98.2 cm³/mol. The molecule has 0 saturated heterocycles. The molecule has 0 aliphatic rings. The number of carbonyl (C=O) groups is 1. The Kier molecular flexibility index (Phi) is 5.91. The zero-order valence-corrected chi connectivity index (χ0v) is 15.3. The van der Waals surface area contributed by atoms with Gasteiger partial charge in [0, 0.05) is 11.3 Å². The largest absolute Gasteiger partial charge is 0.494 e. The maximum atomic E-state index is 11.4. The van der Waals surface area contributed by atoms with Crippen molar-refractivity contribution >= 4 is 17.7 Å². The van der Waals surface area contributed by atoms with Crippen LogP contribution in [0.25, 0.3) is 11.5 Å². The van der Waals surface area contributed by atoms with E-state index in [-0.39, 0.29) is 5.97 Å². The molecular formula is C19H18N2O4S. The Balaban J connectivity index is 1.60. The smallest absolute Gasteiger partial charge is 0.337 e. The van der Waals surface area contributed by atoms with Gasteiger partial charge in [0.15, 0.2) is 0 Å². The molecule has 6 nitrogen and oxygen atoms in total. The molecule has 0 fully saturated rings. The van der Waals surface area contributed by atoms with Crippen molar-refractivity contribution in [3.8, 4) is 17.2 Å². The standard InChI is InChI=1S/C19H18N2O4S/c1-3-24-16-10-8-14(9-11-16)17-20-21-19(25-17)26-12-13-4-6-15(7-5-13)18(22)23-2/h4-11H,3,12H2,1-2H3. The molecule has 0 N–H and O–H groups in total. The van der Waals surface area contributed by atoms with Gasteiger partial charge in [-0.05, 0) is 48.9 Å². The van der Waals surface area contributed by atoms with Crippen molar-refractivity contribution in [2.75, 3.05) is 13.7 Å². The van der Waals surface area contributed by atoms with Crippen LogP contribution in [0.5, 0.6) is 5.75 Å². The average molecular weight is 370 g/mol. The van der Waals surface area contributed by atoms with Gasteiger partial charge in [-0.1, -0.05) is 23.9 Å². The molecule has 2 aromatic carbocycles. The number of nitrogens with zero attached hydrogens (tertiary/aromatic N) is 2. The topological polar surface area (TPSA) is 74.5 Å². The number of rotatable bonds is 7. The molecular weight excluding hydrogens is 352 g/mol. The highest BCUT2D eigenvalue weighted by Gasteiger charge is 2.10. The van der Waals surface area contributed by atoms with E-state index < -0.39 is 0 Å². The lowest BCUT2D eigenvalue weighted by Crippen LogP contribution is -2.00. The summed E-state index contributed by atoms with van der Waals surface area (Å²) < 4.78 is 15.8. The zero-order valence-electron chi connectivity index (χ0n) is 14.5. The Bertz CT molecular complexity index is 860. The van der Waals surface area contributed by atoms with Crippen molar-refractivity contribution in [2.24, 2.45) is 0 Å². The van der Waals surface area contributed by atoms with E-state index in [0.29, 0.717) is 29.0 Å². The third-order valence-electron chi connectivity index (χ3n) is 3.56. The summed E-state index contributed by atoms with van der Waals surface area (Å²) in [4.78, 5) is 11.4. The fourth-order valence-corrected chi connectivity index (χ4v) is 2.96. The van der Waals surface area contributed by atoms with Crippen LogP contribution in [0.2, 0.25) is 0 Å². The van der Waals surface area contributed by atoms with E-state index in [1.807, 2.05) is 43.3 Å². The first-order valence-corrected chi connectivity index (χ1v) is 9.05. The van der Waals surface area contributed by atoms with Gasteiger partial charge in [0.1, 0.15) is 5.75 Å². The molecule has 0 spiro atoms. The molecule has 0 unspecified atom stereocenters. The second-order valence-corrected chi connectivity index (χ2v) is 6.23. The van der Waals surface area contributed by atoms with E-state index in [9.17, 15) is 4.79 Å². The predicted octanol–water partition coefficient (Wildman–Crippen LogP) is 4.21. The lowest BCUT2D eigenvalue weighted by atomic mass is 10.1. The number of methoxy groups -OCH3 is 1. The molecule has 0 atom stereocenters. The molecule has 1 aromatic heterocycles. The van der Waals surface area contributed by atoms with Crippen molar-refractivity contribution in [2.45, 2.75) is 17.9 Å². The van der Waals surface area contributed by atoms with Crippen LogP contribution in [-0.2, 0) is 10.5 Å². The van der Waals surface area contributed by atoms with Crippen LogP contribution in [0.1, 0.15) is 22.8 Å². The molecule has 0 aliphatic carbocycles. The zero-order chi connectivity index (χ0) is 18.4. The Morgan fingerprint density at radius 3 is 2.46 bits per heavy atom. The van der Waals surface area contributed by atoms with E-state index in [1.165, 1.54) is 18.9 Å². The van der Waals surface area contributed by atoms with Gasteiger partial charge < -0.3 is 13.9 Å². The summed E-state index contributed by atoms with van der Waals surface area (Å²) in [6, 6.07) is 14.8. The monoisotopic (exact) mass is 370 g/mol. The van der Waals surface area contributed by atoms with E-state index in [4.69, 9.17) is 9.15 Å². The Morgan fingerprint density at radius 2 is 1.81 bits per heavy atom. The maximum Gasteiger partial charge on any atom is 0.337 e. The summed E-state index contributed by atoms with van der Waals surface area (Å²) in [5, 5.41) is 8.64. The first kappa shape index (κ1) is 18.0. The third kappa shape index (κ3) is 4.43. The molecule has 134 valence electrons. The molecule has 1 heterocycles. The highest BCUT2D eigenvalue weighted by atomic mass is 32.2. The maximum absolute atomic E-state index is 11.4. The summed E-state index contributed by atoms with van der Waals surface area (Å²) in [6.07, 6.45) is 0. The molecule has 3 aromatic rings. The van der Waals surface area contributed by atoms with Gasteiger partial charge in [0.25, 0.3) is 5.22 Å². The van der Waals surface area contributed by atoms with Crippen LogP contribution < -0.4 is 4.74 Å². The molecule has 26 heavy (non-hydrogen) atoms. The number of aromatic nitrogens is 2. The summed E-state index contributed by atoms with van der Waals surface area (Å²) in [7, 11) is 1.36. The molecule has 0 aliphatic heterocycles. The van der Waals surface area contributed by atoms with Gasteiger partial charge in [-0.2, -0.15) is 0 Å². The van der Waals surface area contributed by atoms with Crippen molar-refractivity contribution < 1.29 is 18.7 Å². The number of thioether (sulfide) groups is 1. The lowest BCUT2D eigenvalue weighted by molar-refractivity contribution is 0.0600. The summed E-state index contributed by atoms with van der Waals surface area (Å²) in [5.41, 5.74) is 2.41. The minimum absolute atomic E-state index is 0.346. The number of hydrogen-bond acceptors (Lipinski definition) is 7. The van der Waals surface area contributed by atoms with Crippen LogP contribution >= 0.6 is 11.8 Å². The van der Waals surface area contributed by atoms with Crippen LogP contribution in [0.4, 0.5) is 0 Å². The van der Waals surface area contributed by atoms with Gasteiger partial charge in [-0.15, -0.1) is 10.2 Å². The summed E-state index contributed by atoms with van der Waals surface area (Å²) in [6.45, 7) is 2.57. The quantitative estimate of drug-likeness (QED) is 0.455. The van der Waals surface area contributed by atoms with E-state index in [1.54, 1.807) is 12.1 Å².